The fourth-order valence-electron chi connectivity index (χ4n) is 2.13. The van der Waals surface area contributed by atoms with Crippen molar-refractivity contribution >= 4 is 35.3 Å². The van der Waals surface area contributed by atoms with E-state index in [-0.39, 0.29) is 17.4 Å². The molecule has 2 aromatic carbocycles. The molecular weight excluding hydrogens is 377 g/mol. The van der Waals surface area contributed by atoms with E-state index in [4.69, 9.17) is 32.5 Å². The molecule has 0 bridgehead atoms. The normalized spacial score (nSPS) is 10.8. The number of nitrogens with one attached hydrogen (secondary N) is 1. The minimum atomic E-state index is -0.438. The summed E-state index contributed by atoms with van der Waals surface area (Å²) in [4.78, 5) is 11.9. The highest BCUT2D eigenvalue weighted by molar-refractivity contribution is 6.36. The van der Waals surface area contributed by atoms with E-state index in [2.05, 4.69) is 15.7 Å². The Balaban J connectivity index is 1.66. The number of halogens is 2. The molecule has 26 heavy (non-hydrogen) atoms. The molecule has 0 saturated heterocycles. The number of rotatable bonds is 6. The maximum absolute atomic E-state index is 11.9. The van der Waals surface area contributed by atoms with Gasteiger partial charge in [-0.05, 0) is 17.7 Å². The summed E-state index contributed by atoms with van der Waals surface area (Å²) >= 11 is 12.2. The Morgan fingerprint density at radius 2 is 2.04 bits per heavy atom. The van der Waals surface area contributed by atoms with Crippen LogP contribution in [-0.2, 0) is 4.79 Å². The third kappa shape index (κ3) is 4.62. The molecule has 0 unspecified atom stereocenters. The summed E-state index contributed by atoms with van der Waals surface area (Å²) in [5, 5.41) is 8.19. The molecule has 8 heteroatoms. The molecule has 0 saturated carbocycles. The Kier molecular flexibility index (Phi) is 5.88. The highest BCUT2D eigenvalue weighted by Crippen LogP contribution is 2.38. The number of carbonyl (C=O) groups is 1. The highest BCUT2D eigenvalue weighted by Gasteiger charge is 2.16. The lowest BCUT2D eigenvalue weighted by atomic mass is 10.1. The average molecular weight is 390 g/mol. The van der Waals surface area contributed by atoms with Crippen LogP contribution in [0.1, 0.15) is 5.56 Å². The topological polar surface area (TPSA) is 76.7 Å². The smallest absolute Gasteiger partial charge is 0.277 e. The molecule has 0 aliphatic heterocycles. The average Bonchev–Trinajstić information content (AvgIpc) is 3.16. The van der Waals surface area contributed by atoms with E-state index in [0.29, 0.717) is 16.3 Å². The first-order chi connectivity index (χ1) is 12.6. The van der Waals surface area contributed by atoms with Crippen molar-refractivity contribution in [3.63, 3.8) is 0 Å². The number of hydrogen-bond acceptors (Lipinski definition) is 5. The van der Waals surface area contributed by atoms with E-state index >= 15 is 0 Å². The lowest BCUT2D eigenvalue weighted by Crippen LogP contribution is -2.24. The number of ether oxygens (including phenoxy) is 1. The van der Waals surface area contributed by atoms with Crippen molar-refractivity contribution in [2.24, 2.45) is 5.10 Å². The largest absolute Gasteiger partial charge is 0.481 e. The van der Waals surface area contributed by atoms with Gasteiger partial charge in [-0.1, -0.05) is 58.7 Å². The molecule has 3 rings (SSSR count). The third-order valence-electron chi connectivity index (χ3n) is 3.26. The van der Waals surface area contributed by atoms with Gasteiger partial charge in [-0.2, -0.15) is 5.10 Å². The monoisotopic (exact) mass is 389 g/mol. The second-order valence-electron chi connectivity index (χ2n) is 5.13. The summed E-state index contributed by atoms with van der Waals surface area (Å²) in [6, 6.07) is 14.1. The van der Waals surface area contributed by atoms with Crippen LogP contribution in [0, 0.1) is 0 Å². The Morgan fingerprint density at radius 1 is 1.23 bits per heavy atom. The van der Waals surface area contributed by atoms with E-state index in [0.717, 1.165) is 5.56 Å². The van der Waals surface area contributed by atoms with Crippen LogP contribution in [0.3, 0.4) is 0 Å². The molecule has 1 N–H and O–H groups in total. The van der Waals surface area contributed by atoms with Crippen molar-refractivity contribution in [2.75, 3.05) is 6.61 Å². The fraction of sp³-hybridized carbons (Fsp3) is 0.0556. The number of carbonyl (C=O) groups excluding carboxylic acids is 1. The summed E-state index contributed by atoms with van der Waals surface area (Å²) in [5.41, 5.74) is 3.75. The minimum absolute atomic E-state index is 0.254. The van der Waals surface area contributed by atoms with Crippen LogP contribution in [0.4, 0.5) is 0 Å². The number of aromatic nitrogens is 1. The SMILES string of the molecule is O=C(COc1c(Cl)cc(Cl)cc1-c1ccno1)N/N=C\c1ccccc1. The quantitative estimate of drug-likeness (QED) is 0.506. The predicted molar refractivity (Wildman–Crippen MR) is 99.6 cm³/mol. The number of hydrazone groups is 1. The molecule has 1 heterocycles. The van der Waals surface area contributed by atoms with E-state index < -0.39 is 5.91 Å². The van der Waals surface area contributed by atoms with Crippen LogP contribution in [0.5, 0.6) is 5.75 Å². The van der Waals surface area contributed by atoms with E-state index in [1.807, 2.05) is 30.3 Å². The van der Waals surface area contributed by atoms with Crippen LogP contribution in [-0.4, -0.2) is 23.9 Å². The number of hydrogen-bond donors (Lipinski definition) is 1. The zero-order valence-corrected chi connectivity index (χ0v) is 14.9. The lowest BCUT2D eigenvalue weighted by molar-refractivity contribution is -0.123. The molecule has 1 amide bonds. The Bertz CT molecular complexity index is 913. The molecule has 0 atom stereocenters. The van der Waals surface area contributed by atoms with Gasteiger partial charge in [0.2, 0.25) is 0 Å². The van der Waals surface area contributed by atoms with E-state index in [9.17, 15) is 4.79 Å². The summed E-state index contributed by atoms with van der Waals surface area (Å²) < 4.78 is 10.7. The van der Waals surface area contributed by atoms with Crippen LogP contribution in [0.15, 0.2) is 64.4 Å². The number of nitrogens with zero attached hydrogens (tertiary/aromatic N) is 2. The van der Waals surface area contributed by atoms with Gasteiger partial charge in [0.25, 0.3) is 5.91 Å². The highest BCUT2D eigenvalue weighted by atomic mass is 35.5. The standard InChI is InChI=1S/C18H13Cl2N3O3/c19-13-8-14(16-6-7-22-26-16)18(15(20)9-13)25-11-17(24)23-21-10-12-4-2-1-3-5-12/h1-10H,11H2,(H,23,24)/b21-10-. The van der Waals surface area contributed by atoms with Gasteiger partial charge in [0, 0.05) is 11.1 Å². The predicted octanol–water partition coefficient (Wildman–Crippen LogP) is 4.18. The summed E-state index contributed by atoms with van der Waals surface area (Å²) in [6.07, 6.45) is 3.02. The second-order valence-corrected chi connectivity index (χ2v) is 5.98. The van der Waals surface area contributed by atoms with E-state index in [1.54, 1.807) is 12.1 Å². The van der Waals surface area contributed by atoms with Crippen molar-refractivity contribution in [3.05, 3.63) is 70.3 Å². The van der Waals surface area contributed by atoms with Gasteiger partial charge < -0.3 is 9.26 Å². The number of amides is 1. The zero-order chi connectivity index (χ0) is 18.4. The summed E-state index contributed by atoms with van der Waals surface area (Å²) in [7, 11) is 0. The van der Waals surface area contributed by atoms with Crippen LogP contribution < -0.4 is 10.2 Å². The Labute approximate surface area is 159 Å². The second kappa shape index (κ2) is 8.51. The van der Waals surface area contributed by atoms with Gasteiger partial charge in [-0.3, -0.25) is 4.79 Å². The van der Waals surface area contributed by atoms with E-state index in [1.165, 1.54) is 18.5 Å². The van der Waals surface area contributed by atoms with Gasteiger partial charge >= 0.3 is 0 Å². The summed E-state index contributed by atoms with van der Waals surface area (Å²) in [5.74, 6) is 0.258. The molecule has 1 aromatic heterocycles. The molecular formula is C18H13Cl2N3O3. The van der Waals surface area contributed by atoms with Gasteiger partial charge in [0.15, 0.2) is 12.4 Å². The molecule has 0 aliphatic rings. The van der Waals surface area contributed by atoms with Gasteiger partial charge in [0.05, 0.1) is 23.0 Å². The fourth-order valence-corrected chi connectivity index (χ4v) is 2.68. The first kappa shape index (κ1) is 18.0. The Hall–Kier alpha value is -2.83. The summed E-state index contributed by atoms with van der Waals surface area (Å²) in [6.45, 7) is -0.283. The zero-order valence-electron chi connectivity index (χ0n) is 13.4. The van der Waals surface area contributed by atoms with Crippen molar-refractivity contribution in [1.29, 1.82) is 0 Å². The van der Waals surface area contributed by atoms with Crippen molar-refractivity contribution in [2.45, 2.75) is 0 Å². The first-order valence-corrected chi connectivity index (χ1v) is 8.29. The molecule has 0 radical (unpaired) electrons. The molecule has 132 valence electrons. The minimum Gasteiger partial charge on any atom is -0.481 e. The molecule has 6 nitrogen and oxygen atoms in total. The van der Waals surface area contributed by atoms with Crippen LogP contribution >= 0.6 is 23.2 Å². The molecule has 3 aromatic rings. The van der Waals surface area contributed by atoms with Crippen molar-refractivity contribution < 1.29 is 14.1 Å². The van der Waals surface area contributed by atoms with Gasteiger partial charge in [-0.15, -0.1) is 0 Å². The first-order valence-electron chi connectivity index (χ1n) is 7.53. The third-order valence-corrected chi connectivity index (χ3v) is 3.76. The number of benzene rings is 2. The Morgan fingerprint density at radius 3 is 2.77 bits per heavy atom. The maximum Gasteiger partial charge on any atom is 0.277 e. The van der Waals surface area contributed by atoms with Crippen LogP contribution in [0.2, 0.25) is 10.0 Å². The van der Waals surface area contributed by atoms with Gasteiger partial charge in [-0.25, -0.2) is 5.43 Å². The lowest BCUT2D eigenvalue weighted by Gasteiger charge is -2.11. The molecule has 0 aliphatic carbocycles. The maximum atomic E-state index is 11.9. The van der Waals surface area contributed by atoms with Gasteiger partial charge in [0.1, 0.15) is 5.75 Å². The molecule has 0 spiro atoms. The van der Waals surface area contributed by atoms with Crippen LogP contribution in [0.25, 0.3) is 11.3 Å². The van der Waals surface area contributed by atoms with Crippen molar-refractivity contribution in [3.8, 4) is 17.1 Å². The molecule has 0 fully saturated rings. The van der Waals surface area contributed by atoms with Crippen molar-refractivity contribution in [1.82, 2.24) is 10.6 Å².